The van der Waals surface area contributed by atoms with Crippen molar-refractivity contribution in [1.82, 2.24) is 10.3 Å². The molecule has 2 N–H and O–H groups in total. The highest BCUT2D eigenvalue weighted by atomic mass is 16.5. The van der Waals surface area contributed by atoms with Crippen molar-refractivity contribution >= 4 is 46.0 Å². The van der Waals surface area contributed by atoms with E-state index in [4.69, 9.17) is 4.74 Å². The number of amides is 2. The zero-order chi connectivity index (χ0) is 23.5. The molecular weight excluding hydrogens is 422 g/mol. The Morgan fingerprint density at radius 1 is 1.09 bits per heavy atom. The molecule has 33 heavy (non-hydrogen) atoms. The summed E-state index contributed by atoms with van der Waals surface area (Å²) in [7, 11) is 1.26. The molecule has 2 amide bonds. The van der Waals surface area contributed by atoms with Crippen LogP contribution in [0, 0.1) is 0 Å². The number of para-hydroxylation sites is 1. The lowest BCUT2D eigenvalue weighted by Gasteiger charge is -2.18. The first kappa shape index (κ1) is 22.0. The normalized spacial score (nSPS) is 15.5. The first-order valence-electron chi connectivity index (χ1n) is 10.4. The maximum Gasteiger partial charge on any atom is 0.328 e. The van der Waals surface area contributed by atoms with Gasteiger partial charge in [-0.05, 0) is 43.7 Å². The van der Waals surface area contributed by atoms with E-state index in [1.165, 1.54) is 14.0 Å². The highest BCUT2D eigenvalue weighted by Gasteiger charge is 2.25. The number of pyridine rings is 1. The van der Waals surface area contributed by atoms with E-state index < -0.39 is 24.0 Å². The molecule has 8 heteroatoms. The topological polar surface area (TPSA) is 107 Å². The molecule has 168 valence electrons. The Balaban J connectivity index is 1.63. The number of fused-ring (bicyclic) bond motifs is 2. The van der Waals surface area contributed by atoms with Crippen molar-refractivity contribution in [3.05, 3.63) is 65.9 Å². The highest BCUT2D eigenvalue weighted by Crippen LogP contribution is 2.35. The Bertz CT molecular complexity index is 1280. The number of rotatable bonds is 6. The standard InChI is InChI=1S/C25H23N3O5/c1-14(25(31)32-3)27-23(29)15(2)33-21-11-10-16(17-8-6-12-26-22(17)21)13-19-18-7-4-5-9-20(18)28-24(19)30/h4-15H,1-3H3,(H,27,29)(H,28,30)/t14-,15?/m0/s1. The summed E-state index contributed by atoms with van der Waals surface area (Å²) in [5, 5.41) is 6.20. The van der Waals surface area contributed by atoms with Gasteiger partial charge in [0.1, 0.15) is 17.3 Å². The van der Waals surface area contributed by atoms with Crippen LogP contribution in [0.3, 0.4) is 0 Å². The smallest absolute Gasteiger partial charge is 0.328 e. The predicted molar refractivity (Wildman–Crippen MR) is 124 cm³/mol. The van der Waals surface area contributed by atoms with Gasteiger partial charge in [0, 0.05) is 28.4 Å². The fourth-order valence-electron chi connectivity index (χ4n) is 3.64. The van der Waals surface area contributed by atoms with Gasteiger partial charge in [0.15, 0.2) is 6.10 Å². The van der Waals surface area contributed by atoms with Crippen LogP contribution in [0.2, 0.25) is 0 Å². The van der Waals surface area contributed by atoms with Gasteiger partial charge in [0.2, 0.25) is 0 Å². The summed E-state index contributed by atoms with van der Waals surface area (Å²) < 4.78 is 10.5. The Labute approximate surface area is 190 Å². The van der Waals surface area contributed by atoms with E-state index in [9.17, 15) is 14.4 Å². The SMILES string of the molecule is COC(=O)[C@H](C)NC(=O)C(C)Oc1ccc(C=C2C(=O)Nc3ccccc32)c2cccnc12. The summed E-state index contributed by atoms with van der Waals surface area (Å²) >= 11 is 0. The summed E-state index contributed by atoms with van der Waals surface area (Å²) in [5.41, 5.74) is 3.53. The minimum Gasteiger partial charge on any atom is -0.479 e. The van der Waals surface area contributed by atoms with Crippen LogP contribution in [-0.2, 0) is 19.1 Å². The number of nitrogens with one attached hydrogen (secondary N) is 2. The first-order chi connectivity index (χ1) is 15.9. The van der Waals surface area contributed by atoms with E-state index in [0.717, 1.165) is 22.2 Å². The second-order valence-electron chi connectivity index (χ2n) is 7.62. The van der Waals surface area contributed by atoms with Crippen molar-refractivity contribution in [2.24, 2.45) is 0 Å². The van der Waals surface area contributed by atoms with Crippen molar-refractivity contribution < 1.29 is 23.9 Å². The van der Waals surface area contributed by atoms with E-state index >= 15 is 0 Å². The molecule has 1 aromatic heterocycles. The first-order valence-corrected chi connectivity index (χ1v) is 10.4. The molecule has 1 aliphatic heterocycles. The molecule has 0 radical (unpaired) electrons. The summed E-state index contributed by atoms with van der Waals surface area (Å²) in [4.78, 5) is 41.0. The molecule has 3 aromatic rings. The van der Waals surface area contributed by atoms with Gasteiger partial charge in [-0.25, -0.2) is 4.79 Å². The number of hydrogen-bond acceptors (Lipinski definition) is 6. The Morgan fingerprint density at radius 2 is 1.88 bits per heavy atom. The van der Waals surface area contributed by atoms with Crippen molar-refractivity contribution in [3.8, 4) is 5.75 Å². The lowest BCUT2D eigenvalue weighted by atomic mass is 10.0. The molecule has 0 bridgehead atoms. The molecule has 4 rings (SSSR count). The van der Waals surface area contributed by atoms with Crippen LogP contribution in [-0.4, -0.2) is 42.0 Å². The van der Waals surface area contributed by atoms with Crippen molar-refractivity contribution in [2.75, 3.05) is 12.4 Å². The number of aromatic nitrogens is 1. The van der Waals surface area contributed by atoms with Gasteiger partial charge in [0.25, 0.3) is 11.8 Å². The average molecular weight is 445 g/mol. The maximum atomic E-state index is 12.5. The Kier molecular flexibility index (Phi) is 6.08. The van der Waals surface area contributed by atoms with Crippen molar-refractivity contribution in [2.45, 2.75) is 26.0 Å². The van der Waals surface area contributed by atoms with Crippen LogP contribution in [0.5, 0.6) is 5.75 Å². The number of esters is 1. The molecule has 0 spiro atoms. The van der Waals surface area contributed by atoms with Gasteiger partial charge in [-0.1, -0.05) is 30.3 Å². The van der Waals surface area contributed by atoms with Gasteiger partial charge in [-0.2, -0.15) is 0 Å². The number of ether oxygens (including phenoxy) is 2. The van der Waals surface area contributed by atoms with Crippen LogP contribution >= 0.6 is 0 Å². The van der Waals surface area contributed by atoms with Gasteiger partial charge in [0.05, 0.1) is 7.11 Å². The Hall–Kier alpha value is -4.20. The molecule has 1 aliphatic rings. The summed E-state index contributed by atoms with van der Waals surface area (Å²) in [6.07, 6.45) is 2.58. The molecule has 0 saturated heterocycles. The third-order valence-electron chi connectivity index (χ3n) is 5.36. The number of carbonyl (C=O) groups is 3. The van der Waals surface area contributed by atoms with E-state index in [0.29, 0.717) is 16.8 Å². The number of hydrogen-bond donors (Lipinski definition) is 2. The van der Waals surface area contributed by atoms with Crippen LogP contribution in [0.4, 0.5) is 5.69 Å². The number of carbonyl (C=O) groups excluding carboxylic acids is 3. The number of benzene rings is 2. The third kappa shape index (κ3) is 4.41. The van der Waals surface area contributed by atoms with Gasteiger partial charge in [-0.3, -0.25) is 14.6 Å². The zero-order valence-electron chi connectivity index (χ0n) is 18.4. The molecular formula is C25H23N3O5. The maximum absolute atomic E-state index is 12.5. The second kappa shape index (κ2) is 9.12. The Morgan fingerprint density at radius 3 is 2.67 bits per heavy atom. The number of methoxy groups -OCH3 is 1. The van der Waals surface area contributed by atoms with Gasteiger partial charge < -0.3 is 20.1 Å². The molecule has 2 aromatic carbocycles. The lowest BCUT2D eigenvalue weighted by Crippen LogP contribution is -2.45. The largest absolute Gasteiger partial charge is 0.479 e. The summed E-state index contributed by atoms with van der Waals surface area (Å²) in [5.74, 6) is -0.754. The van der Waals surface area contributed by atoms with Crippen molar-refractivity contribution in [1.29, 1.82) is 0 Å². The van der Waals surface area contributed by atoms with Gasteiger partial charge >= 0.3 is 5.97 Å². The number of anilines is 1. The molecule has 0 aliphatic carbocycles. The zero-order valence-corrected chi connectivity index (χ0v) is 18.4. The molecule has 2 atom stereocenters. The van der Waals surface area contributed by atoms with E-state index in [1.54, 1.807) is 25.3 Å². The van der Waals surface area contributed by atoms with E-state index in [2.05, 4.69) is 20.4 Å². The average Bonchev–Trinajstić information content (AvgIpc) is 3.14. The van der Waals surface area contributed by atoms with Crippen LogP contribution in [0.15, 0.2) is 54.7 Å². The molecule has 8 nitrogen and oxygen atoms in total. The van der Waals surface area contributed by atoms with Crippen LogP contribution in [0.25, 0.3) is 22.6 Å². The minimum atomic E-state index is -0.876. The molecule has 1 unspecified atom stereocenters. The summed E-state index contributed by atoms with van der Waals surface area (Å²) in [6.45, 7) is 3.12. The monoisotopic (exact) mass is 445 g/mol. The lowest BCUT2D eigenvalue weighted by molar-refractivity contribution is -0.145. The predicted octanol–water partition coefficient (Wildman–Crippen LogP) is 3.17. The van der Waals surface area contributed by atoms with E-state index in [-0.39, 0.29) is 5.91 Å². The van der Waals surface area contributed by atoms with Crippen molar-refractivity contribution in [3.63, 3.8) is 0 Å². The fourth-order valence-corrected chi connectivity index (χ4v) is 3.64. The second-order valence-corrected chi connectivity index (χ2v) is 7.62. The summed E-state index contributed by atoms with van der Waals surface area (Å²) in [6, 6.07) is 13.9. The number of nitrogens with zero attached hydrogens (tertiary/aromatic N) is 1. The quantitative estimate of drug-likeness (QED) is 0.446. The molecule has 0 fully saturated rings. The fraction of sp³-hybridized carbons (Fsp3) is 0.200. The highest BCUT2D eigenvalue weighted by molar-refractivity contribution is 6.35. The van der Waals surface area contributed by atoms with Crippen LogP contribution < -0.4 is 15.4 Å². The molecule has 0 saturated carbocycles. The molecule has 2 heterocycles. The van der Waals surface area contributed by atoms with Gasteiger partial charge in [-0.15, -0.1) is 0 Å². The van der Waals surface area contributed by atoms with E-state index in [1.807, 2.05) is 42.5 Å². The third-order valence-corrected chi connectivity index (χ3v) is 5.36. The minimum absolute atomic E-state index is 0.168. The van der Waals surface area contributed by atoms with Crippen LogP contribution in [0.1, 0.15) is 25.0 Å².